The third kappa shape index (κ3) is 3.40. The van der Waals surface area contributed by atoms with E-state index in [-0.39, 0.29) is 22.5 Å². The Bertz CT molecular complexity index is 700. The van der Waals surface area contributed by atoms with E-state index in [1.54, 1.807) is 0 Å². The molecule has 2 N–H and O–H groups in total. The van der Waals surface area contributed by atoms with Gasteiger partial charge in [0.2, 0.25) is 0 Å². The Morgan fingerprint density at radius 2 is 2.30 bits per heavy atom. The number of nitrogens with one attached hydrogen (secondary N) is 1. The number of carboxylic acids is 1. The molecule has 0 bridgehead atoms. The van der Waals surface area contributed by atoms with E-state index < -0.39 is 17.5 Å². The summed E-state index contributed by atoms with van der Waals surface area (Å²) in [5.74, 6) is -1.77. The van der Waals surface area contributed by atoms with Crippen LogP contribution in [0.2, 0.25) is 5.02 Å². The van der Waals surface area contributed by atoms with Gasteiger partial charge in [-0.1, -0.05) is 29.4 Å². The van der Waals surface area contributed by atoms with Crippen molar-refractivity contribution in [3.05, 3.63) is 45.1 Å². The molecule has 1 aromatic carbocycles. The van der Waals surface area contributed by atoms with Crippen molar-refractivity contribution in [2.24, 2.45) is 0 Å². The van der Waals surface area contributed by atoms with Gasteiger partial charge in [0.1, 0.15) is 5.82 Å². The number of aliphatic carboxylic acids is 1. The van der Waals surface area contributed by atoms with Crippen molar-refractivity contribution in [3.8, 4) is 0 Å². The summed E-state index contributed by atoms with van der Waals surface area (Å²) >= 11 is 6.58. The van der Waals surface area contributed by atoms with E-state index in [0.29, 0.717) is 5.56 Å². The third-order valence-electron chi connectivity index (χ3n) is 2.37. The zero-order valence-electron chi connectivity index (χ0n) is 9.97. The highest BCUT2D eigenvalue weighted by Crippen LogP contribution is 2.18. The lowest BCUT2D eigenvalue weighted by Gasteiger charge is -2.05. The van der Waals surface area contributed by atoms with Gasteiger partial charge in [0, 0.05) is 0 Å². The highest BCUT2D eigenvalue weighted by Gasteiger charge is 2.12. The molecular formula is C11H9ClFN3O3S. The lowest BCUT2D eigenvalue weighted by Crippen LogP contribution is -2.18. The average molecular weight is 318 g/mol. The van der Waals surface area contributed by atoms with Crippen molar-refractivity contribution in [1.29, 1.82) is 0 Å². The highest BCUT2D eigenvalue weighted by molar-refractivity contribution is 7.99. The van der Waals surface area contributed by atoms with Crippen LogP contribution in [-0.2, 0) is 11.3 Å². The topological polar surface area (TPSA) is 88.0 Å². The summed E-state index contributed by atoms with van der Waals surface area (Å²) in [7, 11) is 0. The van der Waals surface area contributed by atoms with E-state index >= 15 is 0 Å². The van der Waals surface area contributed by atoms with Crippen molar-refractivity contribution < 1.29 is 14.3 Å². The molecule has 2 rings (SSSR count). The molecule has 106 valence electrons. The fourth-order valence-corrected chi connectivity index (χ4v) is 2.37. The monoisotopic (exact) mass is 317 g/mol. The molecule has 0 unspecified atom stereocenters. The zero-order chi connectivity index (χ0) is 14.7. The predicted octanol–water partition coefficient (Wildman–Crippen LogP) is 1.59. The smallest absolute Gasteiger partial charge is 0.344 e. The standard InChI is InChI=1S/C11H9ClFN3O3S/c12-7-3-6(1-2-8(7)13)4-16-10(19)14-15-11(16)20-5-9(17)18/h1-3H,4-5H2,(H,14,19)(H,17,18). The first-order valence-electron chi connectivity index (χ1n) is 5.41. The molecule has 0 saturated heterocycles. The number of hydrogen-bond acceptors (Lipinski definition) is 4. The molecule has 9 heteroatoms. The van der Waals surface area contributed by atoms with Gasteiger partial charge < -0.3 is 5.11 Å². The van der Waals surface area contributed by atoms with E-state index in [1.807, 2.05) is 0 Å². The molecular weight excluding hydrogens is 309 g/mol. The first kappa shape index (κ1) is 14.6. The second kappa shape index (κ2) is 6.10. The number of rotatable bonds is 5. The molecule has 1 aromatic heterocycles. The molecule has 0 radical (unpaired) electrons. The van der Waals surface area contributed by atoms with Crippen LogP contribution in [0.25, 0.3) is 0 Å². The summed E-state index contributed by atoms with van der Waals surface area (Å²) in [5, 5.41) is 14.8. The number of carbonyl (C=O) groups is 1. The Kier molecular flexibility index (Phi) is 4.46. The molecule has 0 aliphatic heterocycles. The van der Waals surface area contributed by atoms with E-state index in [0.717, 1.165) is 11.8 Å². The number of halogens is 2. The number of benzene rings is 1. The fourth-order valence-electron chi connectivity index (χ4n) is 1.50. The Balaban J connectivity index is 2.24. The maximum atomic E-state index is 13.1. The molecule has 0 saturated carbocycles. The van der Waals surface area contributed by atoms with Crippen molar-refractivity contribution in [3.63, 3.8) is 0 Å². The molecule has 0 atom stereocenters. The lowest BCUT2D eigenvalue weighted by molar-refractivity contribution is -0.133. The number of nitrogens with zero attached hydrogens (tertiary/aromatic N) is 2. The van der Waals surface area contributed by atoms with Crippen molar-refractivity contribution >= 4 is 29.3 Å². The summed E-state index contributed by atoms with van der Waals surface area (Å²) in [4.78, 5) is 22.1. The largest absolute Gasteiger partial charge is 0.481 e. The summed E-state index contributed by atoms with van der Waals surface area (Å²) in [5.41, 5.74) is 0.135. The molecule has 20 heavy (non-hydrogen) atoms. The molecule has 0 aliphatic carbocycles. The Hall–Kier alpha value is -1.80. The van der Waals surface area contributed by atoms with Crippen LogP contribution in [0.4, 0.5) is 4.39 Å². The van der Waals surface area contributed by atoms with Crippen LogP contribution in [0.15, 0.2) is 28.2 Å². The first-order chi connectivity index (χ1) is 9.47. The molecule has 2 aromatic rings. The molecule has 0 fully saturated rings. The third-order valence-corrected chi connectivity index (χ3v) is 3.62. The summed E-state index contributed by atoms with van der Waals surface area (Å²) in [6.45, 7) is 0.122. The minimum absolute atomic E-state index is 0.0428. The molecule has 0 spiro atoms. The van der Waals surface area contributed by atoms with Gasteiger partial charge in [-0.3, -0.25) is 9.36 Å². The van der Waals surface area contributed by atoms with Gasteiger partial charge in [0.15, 0.2) is 5.16 Å². The van der Waals surface area contributed by atoms with Gasteiger partial charge in [-0.25, -0.2) is 14.3 Å². The van der Waals surface area contributed by atoms with Crippen LogP contribution >= 0.6 is 23.4 Å². The number of aromatic amines is 1. The molecule has 1 heterocycles. The number of thioether (sulfide) groups is 1. The fraction of sp³-hybridized carbons (Fsp3) is 0.182. The first-order valence-corrected chi connectivity index (χ1v) is 6.77. The quantitative estimate of drug-likeness (QED) is 0.818. The normalized spacial score (nSPS) is 10.7. The molecule has 0 aliphatic rings. The number of carboxylic acid groups (broad SMARTS) is 1. The van der Waals surface area contributed by atoms with Gasteiger partial charge in [-0.05, 0) is 17.7 Å². The van der Waals surface area contributed by atoms with Gasteiger partial charge in [0.25, 0.3) is 0 Å². The van der Waals surface area contributed by atoms with Gasteiger partial charge in [-0.15, -0.1) is 5.10 Å². The molecule has 6 nitrogen and oxygen atoms in total. The van der Waals surface area contributed by atoms with E-state index in [1.165, 1.54) is 22.8 Å². The minimum atomic E-state index is -1.01. The molecule has 0 amide bonds. The van der Waals surface area contributed by atoms with Gasteiger partial charge in [0.05, 0.1) is 17.3 Å². The van der Waals surface area contributed by atoms with E-state index in [2.05, 4.69) is 10.2 Å². The minimum Gasteiger partial charge on any atom is -0.481 e. The van der Waals surface area contributed by atoms with Crippen molar-refractivity contribution in [2.75, 3.05) is 5.75 Å². The highest BCUT2D eigenvalue weighted by atomic mass is 35.5. The maximum absolute atomic E-state index is 13.1. The zero-order valence-corrected chi connectivity index (χ0v) is 11.5. The van der Waals surface area contributed by atoms with E-state index in [9.17, 15) is 14.0 Å². The van der Waals surface area contributed by atoms with Gasteiger partial charge in [-0.2, -0.15) is 0 Å². The Morgan fingerprint density at radius 3 is 2.95 bits per heavy atom. The average Bonchev–Trinajstić information content (AvgIpc) is 2.73. The summed E-state index contributed by atoms with van der Waals surface area (Å²) < 4.78 is 14.3. The van der Waals surface area contributed by atoms with Crippen LogP contribution in [0.3, 0.4) is 0 Å². The van der Waals surface area contributed by atoms with E-state index in [4.69, 9.17) is 16.7 Å². The number of aromatic nitrogens is 3. The Labute approximate surface area is 121 Å². The second-order valence-electron chi connectivity index (χ2n) is 3.83. The van der Waals surface area contributed by atoms with Crippen LogP contribution in [0.1, 0.15) is 5.56 Å². The maximum Gasteiger partial charge on any atom is 0.344 e. The van der Waals surface area contributed by atoms with Gasteiger partial charge >= 0.3 is 11.7 Å². The van der Waals surface area contributed by atoms with Crippen LogP contribution in [0.5, 0.6) is 0 Å². The van der Waals surface area contributed by atoms with Crippen molar-refractivity contribution in [1.82, 2.24) is 14.8 Å². The summed E-state index contributed by atoms with van der Waals surface area (Å²) in [6, 6.07) is 4.10. The lowest BCUT2D eigenvalue weighted by atomic mass is 10.2. The predicted molar refractivity (Wildman–Crippen MR) is 71.7 cm³/mol. The van der Waals surface area contributed by atoms with Crippen LogP contribution in [-0.4, -0.2) is 31.6 Å². The number of H-pyrrole nitrogens is 1. The SMILES string of the molecule is O=C(O)CSc1n[nH]c(=O)n1Cc1ccc(F)c(Cl)c1. The summed E-state index contributed by atoms with van der Waals surface area (Å²) in [6.07, 6.45) is 0. The van der Waals surface area contributed by atoms with Crippen molar-refractivity contribution in [2.45, 2.75) is 11.7 Å². The van der Waals surface area contributed by atoms with Crippen LogP contribution < -0.4 is 5.69 Å². The number of hydrogen-bond donors (Lipinski definition) is 2. The van der Waals surface area contributed by atoms with Crippen LogP contribution in [0, 0.1) is 5.82 Å². The Morgan fingerprint density at radius 1 is 1.55 bits per heavy atom. The second-order valence-corrected chi connectivity index (χ2v) is 5.18.